The third kappa shape index (κ3) is 3.79. The average Bonchev–Trinajstić information content (AvgIpc) is 3.27. The Hall–Kier alpha value is -2.71. The molecule has 3 aromatic rings. The highest BCUT2D eigenvalue weighted by molar-refractivity contribution is 7.14. The summed E-state index contributed by atoms with van der Waals surface area (Å²) < 4.78 is 15.5. The molecule has 0 radical (unpaired) electrons. The van der Waals surface area contributed by atoms with Gasteiger partial charge in [-0.15, -0.1) is 11.3 Å². The number of thiazole rings is 1. The summed E-state index contributed by atoms with van der Waals surface area (Å²) in [6, 6.07) is 9.08. The molecule has 0 aliphatic heterocycles. The number of nitrogens with one attached hydrogen (secondary N) is 1. The Labute approximate surface area is 142 Å². The van der Waals surface area contributed by atoms with Crippen LogP contribution in [0.3, 0.4) is 0 Å². The van der Waals surface area contributed by atoms with Crippen molar-refractivity contribution < 1.29 is 18.8 Å². The topological polar surface area (TPSA) is 86.5 Å². The van der Waals surface area contributed by atoms with E-state index in [9.17, 15) is 4.79 Å². The van der Waals surface area contributed by atoms with Crippen LogP contribution in [-0.4, -0.2) is 36.4 Å². The van der Waals surface area contributed by atoms with Gasteiger partial charge >= 0.3 is 0 Å². The molecule has 2 aromatic heterocycles. The van der Waals surface area contributed by atoms with Gasteiger partial charge in [0.15, 0.2) is 5.13 Å². The summed E-state index contributed by atoms with van der Waals surface area (Å²) in [7, 11) is 1.62. The number of aromatic nitrogens is 2. The quantitative estimate of drug-likeness (QED) is 0.662. The van der Waals surface area contributed by atoms with Gasteiger partial charge in [0.2, 0.25) is 5.76 Å². The number of amides is 1. The molecule has 0 unspecified atom stereocenters. The highest BCUT2D eigenvalue weighted by Crippen LogP contribution is 2.32. The average molecular weight is 345 g/mol. The minimum Gasteiger partial charge on any atom is -0.490 e. The van der Waals surface area contributed by atoms with Crippen molar-refractivity contribution in [3.05, 3.63) is 47.7 Å². The molecule has 0 fully saturated rings. The van der Waals surface area contributed by atoms with E-state index >= 15 is 0 Å². The van der Waals surface area contributed by atoms with Crippen molar-refractivity contribution in [1.29, 1.82) is 0 Å². The summed E-state index contributed by atoms with van der Waals surface area (Å²) in [6.07, 6.45) is 1.41. The molecule has 1 N–H and O–H groups in total. The van der Waals surface area contributed by atoms with E-state index in [1.807, 2.05) is 29.6 Å². The predicted octanol–water partition coefficient (Wildman–Crippen LogP) is 3.08. The monoisotopic (exact) mass is 345 g/mol. The van der Waals surface area contributed by atoms with E-state index in [0.717, 1.165) is 11.3 Å². The number of hydrogen-bond acceptors (Lipinski definition) is 7. The van der Waals surface area contributed by atoms with Crippen LogP contribution in [0, 0.1) is 0 Å². The van der Waals surface area contributed by atoms with Gasteiger partial charge in [-0.05, 0) is 12.1 Å². The maximum atomic E-state index is 11.9. The van der Waals surface area contributed by atoms with Gasteiger partial charge < -0.3 is 14.0 Å². The Morgan fingerprint density at radius 3 is 2.96 bits per heavy atom. The fraction of sp³-hybridized carbons (Fsp3) is 0.188. The Kier molecular flexibility index (Phi) is 5.19. The molecule has 8 heteroatoms. The van der Waals surface area contributed by atoms with Crippen LogP contribution in [0.25, 0.3) is 11.3 Å². The van der Waals surface area contributed by atoms with Gasteiger partial charge in [0, 0.05) is 24.1 Å². The number of hydrogen-bond donors (Lipinski definition) is 1. The minimum atomic E-state index is -0.391. The minimum absolute atomic E-state index is 0.134. The van der Waals surface area contributed by atoms with E-state index < -0.39 is 5.91 Å². The van der Waals surface area contributed by atoms with Crippen LogP contribution >= 0.6 is 11.3 Å². The first-order chi connectivity index (χ1) is 11.8. The molecule has 0 saturated heterocycles. The lowest BCUT2D eigenvalue weighted by molar-refractivity contribution is 0.0988. The fourth-order valence-electron chi connectivity index (χ4n) is 1.99. The van der Waals surface area contributed by atoms with Crippen LogP contribution in [0.1, 0.15) is 10.6 Å². The standard InChI is InChI=1S/C16H15N3O4S/c1-21-8-9-22-13-5-3-2-4-11(13)12-10-24-16(18-12)19-15(20)14-6-7-17-23-14/h2-7,10H,8-9H2,1H3,(H,18,19,20). The third-order valence-electron chi connectivity index (χ3n) is 3.09. The van der Waals surface area contributed by atoms with Crippen molar-refractivity contribution in [2.24, 2.45) is 0 Å². The molecular weight excluding hydrogens is 330 g/mol. The van der Waals surface area contributed by atoms with Gasteiger partial charge in [-0.25, -0.2) is 4.98 Å². The number of carbonyl (C=O) groups excluding carboxylic acids is 1. The van der Waals surface area contributed by atoms with Crippen LogP contribution in [0.15, 0.2) is 46.4 Å². The van der Waals surface area contributed by atoms with Gasteiger partial charge in [-0.1, -0.05) is 17.3 Å². The summed E-state index contributed by atoms with van der Waals surface area (Å²) in [5, 5.41) is 8.51. The van der Waals surface area contributed by atoms with Crippen molar-refractivity contribution >= 4 is 22.4 Å². The lowest BCUT2D eigenvalue weighted by atomic mass is 10.1. The molecule has 24 heavy (non-hydrogen) atoms. The first-order valence-electron chi connectivity index (χ1n) is 7.16. The third-order valence-corrected chi connectivity index (χ3v) is 3.85. The second-order valence-corrected chi connectivity index (χ2v) is 5.56. The van der Waals surface area contributed by atoms with Gasteiger partial charge in [0.25, 0.3) is 5.91 Å². The number of methoxy groups -OCH3 is 1. The lowest BCUT2D eigenvalue weighted by Crippen LogP contribution is -2.10. The molecule has 0 bridgehead atoms. The van der Waals surface area contributed by atoms with Crippen LogP contribution in [-0.2, 0) is 4.74 Å². The summed E-state index contributed by atoms with van der Waals surface area (Å²) in [5.41, 5.74) is 1.57. The Balaban J connectivity index is 1.74. The number of para-hydroxylation sites is 1. The van der Waals surface area contributed by atoms with Crippen LogP contribution in [0.4, 0.5) is 5.13 Å². The van der Waals surface area contributed by atoms with Crippen molar-refractivity contribution in [1.82, 2.24) is 10.1 Å². The number of nitrogens with zero attached hydrogens (tertiary/aromatic N) is 2. The zero-order chi connectivity index (χ0) is 16.8. The van der Waals surface area contributed by atoms with Gasteiger partial charge in [-0.3, -0.25) is 10.1 Å². The normalized spacial score (nSPS) is 10.5. The molecule has 0 aliphatic rings. The maximum Gasteiger partial charge on any atom is 0.296 e. The Morgan fingerprint density at radius 1 is 1.29 bits per heavy atom. The smallest absolute Gasteiger partial charge is 0.296 e. The van der Waals surface area contributed by atoms with E-state index in [2.05, 4.69) is 15.5 Å². The van der Waals surface area contributed by atoms with Crippen molar-refractivity contribution in [2.75, 3.05) is 25.6 Å². The van der Waals surface area contributed by atoms with Crippen molar-refractivity contribution in [3.8, 4) is 17.0 Å². The van der Waals surface area contributed by atoms with E-state index in [0.29, 0.717) is 24.1 Å². The van der Waals surface area contributed by atoms with E-state index in [-0.39, 0.29) is 5.76 Å². The highest BCUT2D eigenvalue weighted by atomic mass is 32.1. The van der Waals surface area contributed by atoms with Gasteiger partial charge in [0.05, 0.1) is 18.5 Å². The number of rotatable bonds is 7. The Bertz CT molecular complexity index is 801. The van der Waals surface area contributed by atoms with Gasteiger partial charge in [0.1, 0.15) is 12.4 Å². The number of ether oxygens (including phenoxy) is 2. The molecule has 124 valence electrons. The summed E-state index contributed by atoms with van der Waals surface area (Å²) in [4.78, 5) is 16.4. The SMILES string of the molecule is COCCOc1ccccc1-c1csc(NC(=O)c2ccno2)n1. The molecule has 2 heterocycles. The van der Waals surface area contributed by atoms with Crippen LogP contribution in [0.2, 0.25) is 0 Å². The molecule has 1 aromatic carbocycles. The first kappa shape index (κ1) is 16.2. The first-order valence-corrected chi connectivity index (χ1v) is 8.04. The van der Waals surface area contributed by atoms with E-state index in [1.54, 1.807) is 7.11 Å². The zero-order valence-corrected chi connectivity index (χ0v) is 13.7. The summed E-state index contributed by atoms with van der Waals surface area (Å²) in [6.45, 7) is 0.955. The largest absolute Gasteiger partial charge is 0.490 e. The van der Waals surface area contributed by atoms with Gasteiger partial charge in [-0.2, -0.15) is 0 Å². The van der Waals surface area contributed by atoms with Crippen molar-refractivity contribution in [2.45, 2.75) is 0 Å². The van der Waals surface area contributed by atoms with Crippen LogP contribution < -0.4 is 10.1 Å². The number of carbonyl (C=O) groups is 1. The molecule has 0 aliphatic carbocycles. The number of benzene rings is 1. The number of anilines is 1. The summed E-state index contributed by atoms with van der Waals surface area (Å²) >= 11 is 1.32. The molecule has 1 amide bonds. The lowest BCUT2D eigenvalue weighted by Gasteiger charge is -2.09. The molecule has 0 spiro atoms. The maximum absolute atomic E-state index is 11.9. The molecular formula is C16H15N3O4S. The second kappa shape index (κ2) is 7.71. The Morgan fingerprint density at radius 2 is 2.17 bits per heavy atom. The fourth-order valence-corrected chi connectivity index (χ4v) is 2.69. The van der Waals surface area contributed by atoms with E-state index in [1.165, 1.54) is 23.6 Å². The summed E-state index contributed by atoms with van der Waals surface area (Å²) in [5.74, 6) is 0.459. The van der Waals surface area contributed by atoms with E-state index in [4.69, 9.17) is 14.0 Å². The zero-order valence-electron chi connectivity index (χ0n) is 12.9. The molecule has 0 atom stereocenters. The predicted molar refractivity (Wildman–Crippen MR) is 89.4 cm³/mol. The van der Waals surface area contributed by atoms with Crippen molar-refractivity contribution in [3.63, 3.8) is 0 Å². The molecule has 3 rings (SSSR count). The second-order valence-electron chi connectivity index (χ2n) is 4.71. The molecule has 0 saturated carbocycles. The van der Waals surface area contributed by atoms with Crippen LogP contribution in [0.5, 0.6) is 5.75 Å². The molecule has 7 nitrogen and oxygen atoms in total. The highest BCUT2D eigenvalue weighted by Gasteiger charge is 2.14.